The van der Waals surface area contributed by atoms with Crippen LogP contribution in [0, 0.1) is 0 Å². The SMILES string of the molecule is COC(C)Cc1cc(N)cc(N)c1. The molecule has 0 amide bonds. The zero-order valence-electron chi connectivity index (χ0n) is 8.08. The topological polar surface area (TPSA) is 61.3 Å². The minimum atomic E-state index is 0.196. The molecule has 13 heavy (non-hydrogen) atoms. The van der Waals surface area contributed by atoms with Crippen LogP contribution in [0.4, 0.5) is 11.4 Å². The van der Waals surface area contributed by atoms with E-state index in [2.05, 4.69) is 0 Å². The standard InChI is InChI=1S/C10H16N2O/c1-7(13-2)3-8-4-9(11)6-10(12)5-8/h4-7H,3,11-12H2,1-2H3. The Morgan fingerprint density at radius 2 is 1.77 bits per heavy atom. The van der Waals surface area contributed by atoms with Crippen molar-refractivity contribution in [3.63, 3.8) is 0 Å². The van der Waals surface area contributed by atoms with Crippen LogP contribution in [0.2, 0.25) is 0 Å². The van der Waals surface area contributed by atoms with Crippen LogP contribution in [0.25, 0.3) is 0 Å². The van der Waals surface area contributed by atoms with Gasteiger partial charge in [-0.2, -0.15) is 0 Å². The lowest BCUT2D eigenvalue weighted by atomic mass is 10.1. The van der Waals surface area contributed by atoms with Crippen LogP contribution in [0.15, 0.2) is 18.2 Å². The second-order valence-corrected chi connectivity index (χ2v) is 3.26. The smallest absolute Gasteiger partial charge is 0.0583 e. The molecule has 0 aliphatic carbocycles. The van der Waals surface area contributed by atoms with Crippen molar-refractivity contribution in [2.75, 3.05) is 18.6 Å². The first kappa shape index (κ1) is 9.86. The van der Waals surface area contributed by atoms with Gasteiger partial charge in [0.05, 0.1) is 6.10 Å². The van der Waals surface area contributed by atoms with Crippen molar-refractivity contribution >= 4 is 11.4 Å². The van der Waals surface area contributed by atoms with Crippen molar-refractivity contribution in [3.8, 4) is 0 Å². The average Bonchev–Trinajstić information content (AvgIpc) is 2.02. The molecule has 0 spiro atoms. The van der Waals surface area contributed by atoms with Crippen LogP contribution < -0.4 is 11.5 Å². The number of ether oxygens (including phenoxy) is 1. The molecule has 1 aromatic rings. The van der Waals surface area contributed by atoms with Gasteiger partial charge in [-0.1, -0.05) is 0 Å². The molecule has 4 N–H and O–H groups in total. The summed E-state index contributed by atoms with van der Waals surface area (Å²) in [5, 5.41) is 0. The molecule has 3 heteroatoms. The van der Waals surface area contributed by atoms with E-state index in [-0.39, 0.29) is 6.10 Å². The molecule has 0 aliphatic rings. The number of hydrogen-bond acceptors (Lipinski definition) is 3. The summed E-state index contributed by atoms with van der Waals surface area (Å²) >= 11 is 0. The number of hydrogen-bond donors (Lipinski definition) is 2. The monoisotopic (exact) mass is 180 g/mol. The van der Waals surface area contributed by atoms with Crippen LogP contribution >= 0.6 is 0 Å². The Bertz CT molecular complexity index is 266. The summed E-state index contributed by atoms with van der Waals surface area (Å²) in [5.41, 5.74) is 13.8. The van der Waals surface area contributed by atoms with E-state index in [9.17, 15) is 0 Å². The van der Waals surface area contributed by atoms with E-state index in [1.54, 1.807) is 13.2 Å². The number of rotatable bonds is 3. The van der Waals surface area contributed by atoms with E-state index in [4.69, 9.17) is 16.2 Å². The Morgan fingerprint density at radius 1 is 1.23 bits per heavy atom. The maximum absolute atomic E-state index is 5.66. The van der Waals surface area contributed by atoms with Gasteiger partial charge in [-0.05, 0) is 37.1 Å². The molecule has 0 saturated carbocycles. The first-order chi connectivity index (χ1) is 6.11. The fourth-order valence-electron chi connectivity index (χ4n) is 1.28. The maximum Gasteiger partial charge on any atom is 0.0583 e. The first-order valence-corrected chi connectivity index (χ1v) is 4.29. The number of benzene rings is 1. The molecule has 0 saturated heterocycles. The van der Waals surface area contributed by atoms with Crippen molar-refractivity contribution in [1.29, 1.82) is 0 Å². The third-order valence-electron chi connectivity index (χ3n) is 1.96. The molecular weight excluding hydrogens is 164 g/mol. The van der Waals surface area contributed by atoms with Gasteiger partial charge in [0, 0.05) is 18.5 Å². The van der Waals surface area contributed by atoms with Crippen molar-refractivity contribution < 1.29 is 4.74 Å². The summed E-state index contributed by atoms with van der Waals surface area (Å²) in [6, 6.07) is 5.60. The fraction of sp³-hybridized carbons (Fsp3) is 0.400. The Labute approximate surface area is 78.7 Å². The highest BCUT2D eigenvalue weighted by Gasteiger charge is 2.02. The second-order valence-electron chi connectivity index (χ2n) is 3.26. The molecule has 0 fully saturated rings. The van der Waals surface area contributed by atoms with E-state index in [1.165, 1.54) is 0 Å². The minimum Gasteiger partial charge on any atom is -0.399 e. The number of nitrogen functional groups attached to an aromatic ring is 2. The van der Waals surface area contributed by atoms with Crippen LogP contribution in [0.5, 0.6) is 0 Å². The summed E-state index contributed by atoms with van der Waals surface area (Å²) in [6.45, 7) is 2.01. The van der Waals surface area contributed by atoms with Gasteiger partial charge in [-0.15, -0.1) is 0 Å². The van der Waals surface area contributed by atoms with Crippen LogP contribution in [-0.4, -0.2) is 13.2 Å². The molecule has 3 nitrogen and oxygen atoms in total. The summed E-state index contributed by atoms with van der Waals surface area (Å²) in [4.78, 5) is 0. The Balaban J connectivity index is 2.77. The van der Waals surface area contributed by atoms with Gasteiger partial charge in [0.1, 0.15) is 0 Å². The van der Waals surface area contributed by atoms with E-state index in [1.807, 2.05) is 19.1 Å². The third kappa shape index (κ3) is 2.95. The number of methoxy groups -OCH3 is 1. The van der Waals surface area contributed by atoms with E-state index < -0.39 is 0 Å². The predicted molar refractivity (Wildman–Crippen MR) is 55.4 cm³/mol. The molecule has 1 unspecified atom stereocenters. The zero-order valence-corrected chi connectivity index (χ0v) is 8.08. The quantitative estimate of drug-likeness (QED) is 0.692. The lowest BCUT2D eigenvalue weighted by molar-refractivity contribution is 0.119. The van der Waals surface area contributed by atoms with Gasteiger partial charge in [0.25, 0.3) is 0 Å². The molecule has 0 aromatic heterocycles. The molecule has 1 rings (SSSR count). The summed E-state index contributed by atoms with van der Waals surface area (Å²) in [6.07, 6.45) is 1.03. The average molecular weight is 180 g/mol. The fourth-order valence-corrected chi connectivity index (χ4v) is 1.28. The molecule has 72 valence electrons. The van der Waals surface area contributed by atoms with E-state index >= 15 is 0 Å². The van der Waals surface area contributed by atoms with Crippen molar-refractivity contribution in [2.45, 2.75) is 19.4 Å². The summed E-state index contributed by atoms with van der Waals surface area (Å²) < 4.78 is 5.15. The van der Waals surface area contributed by atoms with E-state index in [0.29, 0.717) is 11.4 Å². The van der Waals surface area contributed by atoms with Crippen molar-refractivity contribution in [3.05, 3.63) is 23.8 Å². The van der Waals surface area contributed by atoms with Crippen molar-refractivity contribution in [1.82, 2.24) is 0 Å². The number of nitrogens with two attached hydrogens (primary N) is 2. The van der Waals surface area contributed by atoms with Crippen molar-refractivity contribution in [2.24, 2.45) is 0 Å². The highest BCUT2D eigenvalue weighted by Crippen LogP contribution is 2.15. The summed E-state index contributed by atoms with van der Waals surface area (Å²) in [5.74, 6) is 0. The van der Waals surface area contributed by atoms with Crippen LogP contribution in [-0.2, 0) is 11.2 Å². The highest BCUT2D eigenvalue weighted by atomic mass is 16.5. The van der Waals surface area contributed by atoms with Crippen LogP contribution in [0.1, 0.15) is 12.5 Å². The first-order valence-electron chi connectivity index (χ1n) is 4.29. The van der Waals surface area contributed by atoms with Gasteiger partial charge in [0.2, 0.25) is 0 Å². The molecule has 1 aromatic carbocycles. The van der Waals surface area contributed by atoms with Gasteiger partial charge < -0.3 is 16.2 Å². The highest BCUT2D eigenvalue weighted by molar-refractivity contribution is 5.54. The van der Waals surface area contributed by atoms with Gasteiger partial charge in [-0.3, -0.25) is 0 Å². The normalized spacial score (nSPS) is 12.8. The number of anilines is 2. The molecule has 0 bridgehead atoms. The Hall–Kier alpha value is -1.22. The maximum atomic E-state index is 5.66. The van der Waals surface area contributed by atoms with Gasteiger partial charge in [-0.25, -0.2) is 0 Å². The lowest BCUT2D eigenvalue weighted by Gasteiger charge is -2.10. The molecular formula is C10H16N2O. The summed E-state index contributed by atoms with van der Waals surface area (Å²) in [7, 11) is 1.69. The molecule has 0 aliphatic heterocycles. The third-order valence-corrected chi connectivity index (χ3v) is 1.96. The Morgan fingerprint density at radius 3 is 2.23 bits per heavy atom. The molecule has 1 atom stereocenters. The largest absolute Gasteiger partial charge is 0.399 e. The molecule has 0 heterocycles. The second kappa shape index (κ2) is 4.14. The van der Waals surface area contributed by atoms with E-state index in [0.717, 1.165) is 12.0 Å². The van der Waals surface area contributed by atoms with Gasteiger partial charge in [0.15, 0.2) is 0 Å². The minimum absolute atomic E-state index is 0.196. The van der Waals surface area contributed by atoms with Gasteiger partial charge >= 0.3 is 0 Å². The predicted octanol–water partition coefficient (Wildman–Crippen LogP) is 1.43. The zero-order chi connectivity index (χ0) is 9.84. The lowest BCUT2D eigenvalue weighted by Crippen LogP contribution is -2.09. The molecule has 0 radical (unpaired) electrons. The van der Waals surface area contributed by atoms with Crippen LogP contribution in [0.3, 0.4) is 0 Å². The Kier molecular flexibility index (Phi) is 3.14.